The monoisotopic (exact) mass is 337 g/mol. The van der Waals surface area contributed by atoms with E-state index < -0.39 is 0 Å². The summed E-state index contributed by atoms with van der Waals surface area (Å²) >= 11 is 0. The first-order valence-corrected chi connectivity index (χ1v) is 7.73. The normalized spacial score (nSPS) is 10.4. The molecule has 0 fully saturated rings. The summed E-state index contributed by atoms with van der Waals surface area (Å²) in [5, 5.41) is 23.8. The number of benzene rings is 1. The summed E-state index contributed by atoms with van der Waals surface area (Å²) in [4.78, 5) is 8.37. The van der Waals surface area contributed by atoms with Gasteiger partial charge in [-0.2, -0.15) is 15.6 Å². The second-order valence-electron chi connectivity index (χ2n) is 5.51. The van der Waals surface area contributed by atoms with Crippen LogP contribution in [0, 0.1) is 22.7 Å². The van der Waals surface area contributed by atoms with Gasteiger partial charge in [0.2, 0.25) is 0 Å². The Morgan fingerprint density at radius 2 is 1.65 bits per heavy atom. The Kier molecular flexibility index (Phi) is 3.53. The highest BCUT2D eigenvalue weighted by Gasteiger charge is 2.22. The Morgan fingerprint density at radius 3 is 2.31 bits per heavy atom. The average Bonchev–Trinajstić information content (AvgIpc) is 3.06. The number of hydrogen-bond acceptors (Lipinski definition) is 6. The fourth-order valence-corrected chi connectivity index (χ4v) is 2.85. The third kappa shape index (κ3) is 2.24. The van der Waals surface area contributed by atoms with Crippen LogP contribution in [0.2, 0.25) is 0 Å². The van der Waals surface area contributed by atoms with Gasteiger partial charge in [0.25, 0.3) is 0 Å². The first-order chi connectivity index (χ1) is 12.7. The molecule has 0 amide bonds. The fourth-order valence-electron chi connectivity index (χ4n) is 2.85. The minimum absolute atomic E-state index is 0.0508. The Hall–Kier alpha value is -4.23. The molecule has 4 rings (SSSR count). The molecule has 26 heavy (non-hydrogen) atoms. The lowest BCUT2D eigenvalue weighted by Gasteiger charge is -2.08. The van der Waals surface area contributed by atoms with Crippen LogP contribution >= 0.6 is 0 Å². The van der Waals surface area contributed by atoms with Crippen molar-refractivity contribution < 1.29 is 0 Å². The van der Waals surface area contributed by atoms with Crippen LogP contribution in [-0.4, -0.2) is 19.6 Å². The molecule has 3 heterocycles. The zero-order chi connectivity index (χ0) is 18.1. The van der Waals surface area contributed by atoms with Crippen LogP contribution in [0.4, 0.5) is 5.82 Å². The van der Waals surface area contributed by atoms with Gasteiger partial charge in [0.15, 0.2) is 5.65 Å². The highest BCUT2D eigenvalue weighted by Crippen LogP contribution is 2.31. The molecule has 0 aliphatic rings. The quantitative estimate of drug-likeness (QED) is 0.601. The summed E-state index contributed by atoms with van der Waals surface area (Å²) in [7, 11) is 0. The number of nitrogens with zero attached hydrogens (tertiary/aromatic N) is 6. The van der Waals surface area contributed by atoms with Crippen molar-refractivity contribution in [1.82, 2.24) is 19.6 Å². The first kappa shape index (κ1) is 15.3. The summed E-state index contributed by atoms with van der Waals surface area (Å²) in [6.07, 6.45) is 3.25. The van der Waals surface area contributed by atoms with Crippen LogP contribution in [-0.2, 0) is 0 Å². The number of aromatic nitrogens is 4. The molecule has 2 N–H and O–H groups in total. The number of hydrogen-bond donors (Lipinski definition) is 1. The Balaban J connectivity index is 2.15. The molecule has 7 heteroatoms. The molecule has 0 saturated heterocycles. The molecule has 0 saturated carbocycles. The lowest BCUT2D eigenvalue weighted by atomic mass is 10.1. The van der Waals surface area contributed by atoms with E-state index in [2.05, 4.69) is 27.2 Å². The van der Waals surface area contributed by atoms with Crippen molar-refractivity contribution >= 4 is 11.5 Å². The number of nitrogens with two attached hydrogens (primary N) is 1. The lowest BCUT2D eigenvalue weighted by Crippen LogP contribution is -2.05. The van der Waals surface area contributed by atoms with Crippen molar-refractivity contribution in [3.63, 3.8) is 0 Å². The minimum Gasteiger partial charge on any atom is -0.382 e. The summed E-state index contributed by atoms with van der Waals surface area (Å²) in [6.45, 7) is 0. The summed E-state index contributed by atoms with van der Waals surface area (Å²) in [5.74, 6) is 0.0508. The second-order valence-corrected chi connectivity index (χ2v) is 5.51. The average molecular weight is 337 g/mol. The molecule has 7 nitrogen and oxygen atoms in total. The SMILES string of the molecule is N#Cc1c(N)nc2c(C#N)c(-c3ccccc3)nn2c1-c1cccnc1. The van der Waals surface area contributed by atoms with E-state index in [1.165, 1.54) is 4.52 Å². The van der Waals surface area contributed by atoms with Gasteiger partial charge in [-0.3, -0.25) is 4.98 Å². The van der Waals surface area contributed by atoms with Crippen LogP contribution in [0.5, 0.6) is 0 Å². The van der Waals surface area contributed by atoms with E-state index in [1.54, 1.807) is 24.5 Å². The molecule has 0 spiro atoms. The summed E-state index contributed by atoms with van der Waals surface area (Å²) < 4.78 is 1.49. The van der Waals surface area contributed by atoms with Gasteiger partial charge in [-0.25, -0.2) is 9.50 Å². The molecule has 122 valence electrons. The van der Waals surface area contributed by atoms with Crippen LogP contribution < -0.4 is 5.73 Å². The molecular weight excluding hydrogens is 326 g/mol. The van der Waals surface area contributed by atoms with Gasteiger partial charge in [-0.1, -0.05) is 30.3 Å². The van der Waals surface area contributed by atoms with Gasteiger partial charge >= 0.3 is 0 Å². The standard InChI is InChI=1S/C19H11N7/c20-9-14-16(12-5-2-1-3-6-12)25-26-17(13-7-4-8-23-11-13)15(10-21)18(22)24-19(14)26/h1-8,11H,(H2,22,24). The maximum atomic E-state index is 9.68. The van der Waals surface area contributed by atoms with Gasteiger partial charge in [-0.05, 0) is 12.1 Å². The minimum atomic E-state index is 0.0508. The van der Waals surface area contributed by atoms with Crippen molar-refractivity contribution in [1.29, 1.82) is 10.5 Å². The maximum absolute atomic E-state index is 9.68. The van der Waals surface area contributed by atoms with E-state index in [0.29, 0.717) is 28.2 Å². The molecule has 0 bridgehead atoms. The second kappa shape index (κ2) is 6.00. The van der Waals surface area contributed by atoms with Crippen molar-refractivity contribution in [3.8, 4) is 34.7 Å². The molecule has 0 radical (unpaired) electrons. The number of anilines is 1. The zero-order valence-corrected chi connectivity index (χ0v) is 13.5. The number of nitriles is 2. The zero-order valence-electron chi connectivity index (χ0n) is 13.5. The molecule has 3 aromatic heterocycles. The highest BCUT2D eigenvalue weighted by molar-refractivity contribution is 5.81. The van der Waals surface area contributed by atoms with Gasteiger partial charge in [0, 0.05) is 23.5 Å². The lowest BCUT2D eigenvalue weighted by molar-refractivity contribution is 0.948. The van der Waals surface area contributed by atoms with Crippen LogP contribution in [0.25, 0.3) is 28.2 Å². The van der Waals surface area contributed by atoms with Gasteiger partial charge in [0.05, 0.1) is 5.69 Å². The van der Waals surface area contributed by atoms with E-state index in [-0.39, 0.29) is 11.4 Å². The third-order valence-electron chi connectivity index (χ3n) is 4.00. The number of fused-ring (bicyclic) bond motifs is 1. The van der Waals surface area contributed by atoms with E-state index >= 15 is 0 Å². The fraction of sp³-hybridized carbons (Fsp3) is 0. The van der Waals surface area contributed by atoms with Crippen molar-refractivity contribution in [2.75, 3.05) is 5.73 Å². The molecule has 0 unspecified atom stereocenters. The van der Waals surface area contributed by atoms with Crippen LogP contribution in [0.15, 0.2) is 54.9 Å². The number of pyridine rings is 1. The third-order valence-corrected chi connectivity index (χ3v) is 4.00. The molecule has 0 aliphatic heterocycles. The molecule has 0 atom stereocenters. The van der Waals surface area contributed by atoms with E-state index in [4.69, 9.17) is 5.73 Å². The topological polar surface area (TPSA) is 117 Å². The molecule has 0 aliphatic carbocycles. The van der Waals surface area contributed by atoms with Crippen molar-refractivity contribution in [2.24, 2.45) is 0 Å². The van der Waals surface area contributed by atoms with Gasteiger partial charge < -0.3 is 5.73 Å². The Bertz CT molecular complexity index is 1200. The predicted octanol–water partition coefficient (Wildman–Crippen LogP) is 2.78. The largest absolute Gasteiger partial charge is 0.382 e. The predicted molar refractivity (Wildman–Crippen MR) is 95.5 cm³/mol. The van der Waals surface area contributed by atoms with Crippen LogP contribution in [0.3, 0.4) is 0 Å². The molecule has 1 aromatic carbocycles. The summed E-state index contributed by atoms with van der Waals surface area (Å²) in [5.41, 5.74) is 9.19. The van der Waals surface area contributed by atoms with E-state index in [9.17, 15) is 10.5 Å². The van der Waals surface area contributed by atoms with Crippen LogP contribution in [0.1, 0.15) is 11.1 Å². The first-order valence-electron chi connectivity index (χ1n) is 7.73. The van der Waals surface area contributed by atoms with Crippen molar-refractivity contribution in [3.05, 3.63) is 66.0 Å². The Morgan fingerprint density at radius 1 is 0.923 bits per heavy atom. The molecular formula is C19H11N7. The van der Waals surface area contributed by atoms with Gasteiger partial charge in [-0.15, -0.1) is 0 Å². The van der Waals surface area contributed by atoms with E-state index in [0.717, 1.165) is 5.56 Å². The highest BCUT2D eigenvalue weighted by atomic mass is 15.3. The number of nitrogen functional groups attached to an aromatic ring is 1. The van der Waals surface area contributed by atoms with E-state index in [1.807, 2.05) is 30.3 Å². The number of rotatable bonds is 2. The smallest absolute Gasteiger partial charge is 0.176 e. The van der Waals surface area contributed by atoms with Gasteiger partial charge in [0.1, 0.15) is 34.8 Å². The van der Waals surface area contributed by atoms with Crippen molar-refractivity contribution in [2.45, 2.75) is 0 Å². The summed E-state index contributed by atoms with van der Waals surface area (Å²) in [6, 6.07) is 17.1. The maximum Gasteiger partial charge on any atom is 0.176 e. The molecule has 4 aromatic rings. The Labute approximate surface area is 148 Å².